The molecule has 0 saturated heterocycles. The lowest BCUT2D eigenvalue weighted by molar-refractivity contribution is -0.115. The Hall–Kier alpha value is -1.35. The second kappa shape index (κ2) is 8.05. The van der Waals surface area contributed by atoms with Gasteiger partial charge in [0.1, 0.15) is 0 Å². The molecule has 0 aromatic heterocycles. The minimum absolute atomic E-state index is 0.0156. The molecule has 0 aliphatic heterocycles. The number of anilines is 1. The highest BCUT2D eigenvalue weighted by Crippen LogP contribution is 2.19. The Balaban J connectivity index is 2.36. The lowest BCUT2D eigenvalue weighted by Crippen LogP contribution is -2.35. The fraction of sp³-hybridized carbons (Fsp3) is 0.588. The van der Waals surface area contributed by atoms with Gasteiger partial charge in [-0.25, -0.2) is 0 Å². The zero-order valence-electron chi connectivity index (χ0n) is 13.4. The fourth-order valence-electron chi connectivity index (χ4n) is 2.52. The van der Waals surface area contributed by atoms with Crippen LogP contribution in [0.3, 0.4) is 0 Å². The van der Waals surface area contributed by atoms with E-state index in [2.05, 4.69) is 38.3 Å². The van der Waals surface area contributed by atoms with E-state index >= 15 is 0 Å². The molecule has 0 radical (unpaired) electrons. The SMILES string of the molecule is Cc1cccc(NC(=O)CNCC(C(C)C)C(C)C)c1. The van der Waals surface area contributed by atoms with Crippen molar-refractivity contribution < 1.29 is 4.79 Å². The Bertz CT molecular complexity index is 419. The van der Waals surface area contributed by atoms with Crippen molar-refractivity contribution in [3.8, 4) is 0 Å². The van der Waals surface area contributed by atoms with Crippen LogP contribution in [0.2, 0.25) is 0 Å². The molecule has 0 atom stereocenters. The first-order chi connectivity index (χ1) is 9.40. The molecule has 2 N–H and O–H groups in total. The second-order valence-corrected chi connectivity index (χ2v) is 6.20. The molecule has 112 valence electrons. The predicted octanol–water partition coefficient (Wildman–Crippen LogP) is 3.45. The number of carbonyl (C=O) groups is 1. The first-order valence-electron chi connectivity index (χ1n) is 7.47. The van der Waals surface area contributed by atoms with E-state index in [0.29, 0.717) is 24.3 Å². The van der Waals surface area contributed by atoms with Crippen LogP contribution >= 0.6 is 0 Å². The predicted molar refractivity (Wildman–Crippen MR) is 85.8 cm³/mol. The molecule has 0 saturated carbocycles. The van der Waals surface area contributed by atoms with E-state index in [-0.39, 0.29) is 5.91 Å². The van der Waals surface area contributed by atoms with Crippen LogP contribution in [-0.4, -0.2) is 19.0 Å². The Kier molecular flexibility index (Phi) is 6.73. The second-order valence-electron chi connectivity index (χ2n) is 6.20. The average molecular weight is 276 g/mol. The fourth-order valence-corrected chi connectivity index (χ4v) is 2.52. The number of amides is 1. The van der Waals surface area contributed by atoms with Gasteiger partial charge >= 0.3 is 0 Å². The summed E-state index contributed by atoms with van der Waals surface area (Å²) in [4.78, 5) is 11.9. The van der Waals surface area contributed by atoms with Gasteiger partial charge in [0, 0.05) is 5.69 Å². The van der Waals surface area contributed by atoms with Crippen LogP contribution < -0.4 is 10.6 Å². The maximum Gasteiger partial charge on any atom is 0.238 e. The van der Waals surface area contributed by atoms with E-state index in [4.69, 9.17) is 0 Å². The third-order valence-corrected chi connectivity index (χ3v) is 3.68. The molecular formula is C17H28N2O. The molecule has 1 amide bonds. The number of hydrogen-bond donors (Lipinski definition) is 2. The van der Waals surface area contributed by atoms with Crippen LogP contribution in [0.15, 0.2) is 24.3 Å². The summed E-state index contributed by atoms with van der Waals surface area (Å²) in [6.07, 6.45) is 0. The zero-order valence-corrected chi connectivity index (χ0v) is 13.4. The van der Waals surface area contributed by atoms with Crippen molar-refractivity contribution in [1.29, 1.82) is 0 Å². The molecule has 1 aromatic carbocycles. The Morgan fingerprint density at radius 1 is 1.15 bits per heavy atom. The third-order valence-electron chi connectivity index (χ3n) is 3.68. The summed E-state index contributed by atoms with van der Waals surface area (Å²) in [5.41, 5.74) is 2.01. The summed E-state index contributed by atoms with van der Waals surface area (Å²) in [6, 6.07) is 7.86. The van der Waals surface area contributed by atoms with E-state index in [0.717, 1.165) is 17.8 Å². The standard InChI is InChI=1S/C17H28N2O/c1-12(2)16(13(3)4)10-18-11-17(20)19-15-8-6-7-14(5)9-15/h6-9,12-13,16,18H,10-11H2,1-5H3,(H,19,20). The minimum Gasteiger partial charge on any atom is -0.325 e. The highest BCUT2D eigenvalue weighted by atomic mass is 16.1. The molecule has 0 unspecified atom stereocenters. The molecule has 0 bridgehead atoms. The highest BCUT2D eigenvalue weighted by Gasteiger charge is 2.17. The van der Waals surface area contributed by atoms with Gasteiger partial charge in [0.15, 0.2) is 0 Å². The number of benzene rings is 1. The number of nitrogens with one attached hydrogen (secondary N) is 2. The van der Waals surface area contributed by atoms with Crippen molar-refractivity contribution in [3.63, 3.8) is 0 Å². The molecule has 0 aliphatic rings. The van der Waals surface area contributed by atoms with Crippen molar-refractivity contribution >= 4 is 11.6 Å². The van der Waals surface area contributed by atoms with Gasteiger partial charge in [-0.3, -0.25) is 4.79 Å². The lowest BCUT2D eigenvalue weighted by Gasteiger charge is -2.25. The molecule has 3 nitrogen and oxygen atoms in total. The van der Waals surface area contributed by atoms with E-state index < -0.39 is 0 Å². The van der Waals surface area contributed by atoms with Gasteiger partial charge < -0.3 is 10.6 Å². The molecule has 20 heavy (non-hydrogen) atoms. The van der Waals surface area contributed by atoms with E-state index in [1.165, 1.54) is 0 Å². The van der Waals surface area contributed by atoms with Crippen molar-refractivity contribution in [2.45, 2.75) is 34.6 Å². The zero-order chi connectivity index (χ0) is 15.1. The Morgan fingerprint density at radius 3 is 2.35 bits per heavy atom. The van der Waals surface area contributed by atoms with Crippen LogP contribution in [0, 0.1) is 24.7 Å². The summed E-state index contributed by atoms with van der Waals surface area (Å²) >= 11 is 0. The summed E-state index contributed by atoms with van der Waals surface area (Å²) in [5.74, 6) is 1.87. The van der Waals surface area contributed by atoms with Gasteiger partial charge in [-0.1, -0.05) is 39.8 Å². The summed E-state index contributed by atoms with van der Waals surface area (Å²) in [5, 5.41) is 6.18. The van der Waals surface area contributed by atoms with Crippen molar-refractivity contribution in [2.24, 2.45) is 17.8 Å². The molecule has 1 aromatic rings. The number of aryl methyl sites for hydroxylation is 1. The highest BCUT2D eigenvalue weighted by molar-refractivity contribution is 5.92. The van der Waals surface area contributed by atoms with Crippen molar-refractivity contribution in [2.75, 3.05) is 18.4 Å². The minimum atomic E-state index is 0.0156. The van der Waals surface area contributed by atoms with Gasteiger partial charge in [0.2, 0.25) is 5.91 Å². The monoisotopic (exact) mass is 276 g/mol. The van der Waals surface area contributed by atoms with Crippen LogP contribution in [0.25, 0.3) is 0 Å². The molecule has 3 heteroatoms. The number of carbonyl (C=O) groups excluding carboxylic acids is 1. The van der Waals surface area contributed by atoms with Gasteiger partial charge in [-0.15, -0.1) is 0 Å². The average Bonchev–Trinajstić information content (AvgIpc) is 2.33. The summed E-state index contributed by atoms with van der Waals surface area (Å²) in [6.45, 7) is 12.2. The Morgan fingerprint density at radius 2 is 1.80 bits per heavy atom. The van der Waals surface area contributed by atoms with Gasteiger partial charge in [-0.2, -0.15) is 0 Å². The van der Waals surface area contributed by atoms with Gasteiger partial charge in [-0.05, 0) is 48.9 Å². The molecule has 0 fully saturated rings. The number of rotatable bonds is 7. The normalized spacial score (nSPS) is 11.4. The maximum absolute atomic E-state index is 11.9. The lowest BCUT2D eigenvalue weighted by atomic mass is 9.85. The summed E-state index contributed by atoms with van der Waals surface area (Å²) in [7, 11) is 0. The molecular weight excluding hydrogens is 248 g/mol. The van der Waals surface area contributed by atoms with Crippen molar-refractivity contribution in [1.82, 2.24) is 5.32 Å². The van der Waals surface area contributed by atoms with Crippen LogP contribution in [-0.2, 0) is 4.79 Å². The molecule has 0 aliphatic carbocycles. The molecule has 0 heterocycles. The number of hydrogen-bond acceptors (Lipinski definition) is 2. The van der Waals surface area contributed by atoms with E-state index in [9.17, 15) is 4.79 Å². The van der Waals surface area contributed by atoms with Gasteiger partial charge in [0.25, 0.3) is 0 Å². The summed E-state index contributed by atoms with van der Waals surface area (Å²) < 4.78 is 0. The topological polar surface area (TPSA) is 41.1 Å². The van der Waals surface area contributed by atoms with Gasteiger partial charge in [0.05, 0.1) is 6.54 Å². The van der Waals surface area contributed by atoms with Crippen LogP contribution in [0.4, 0.5) is 5.69 Å². The smallest absolute Gasteiger partial charge is 0.238 e. The van der Waals surface area contributed by atoms with Crippen molar-refractivity contribution in [3.05, 3.63) is 29.8 Å². The largest absolute Gasteiger partial charge is 0.325 e. The quantitative estimate of drug-likeness (QED) is 0.801. The van der Waals surface area contributed by atoms with Crippen LogP contribution in [0.5, 0.6) is 0 Å². The molecule has 1 rings (SSSR count). The third kappa shape index (κ3) is 5.74. The first kappa shape index (κ1) is 16.7. The van der Waals surface area contributed by atoms with E-state index in [1.807, 2.05) is 31.2 Å². The molecule has 0 spiro atoms. The maximum atomic E-state index is 11.9. The van der Waals surface area contributed by atoms with Crippen LogP contribution in [0.1, 0.15) is 33.3 Å². The first-order valence-corrected chi connectivity index (χ1v) is 7.47. The Labute approximate surface area is 123 Å². The van der Waals surface area contributed by atoms with E-state index in [1.54, 1.807) is 0 Å².